The molecule has 5 unspecified atom stereocenters. The van der Waals surface area contributed by atoms with E-state index in [1.807, 2.05) is 0 Å². The molecule has 2 aromatic heterocycles. The largest absolute Gasteiger partial charge is 0.490 e. The second-order valence-corrected chi connectivity index (χ2v) is 12.0. The quantitative estimate of drug-likeness (QED) is 0.213. The van der Waals surface area contributed by atoms with E-state index in [9.17, 15) is 28.5 Å². The summed E-state index contributed by atoms with van der Waals surface area (Å²) >= 11 is 1.05. The van der Waals surface area contributed by atoms with Crippen molar-refractivity contribution in [2.75, 3.05) is 12.3 Å². The topological polar surface area (TPSA) is 270 Å². The Balaban J connectivity index is 1.67. The predicted molar refractivity (Wildman–Crippen MR) is 103 cm³/mol. The molecule has 0 aromatic carbocycles. The number of phosphoric acid groups is 3. The lowest BCUT2D eigenvalue weighted by Gasteiger charge is -2.18. The number of nitrogens with one attached hydrogen (secondary N) is 1. The second kappa shape index (κ2) is 8.67. The van der Waals surface area contributed by atoms with E-state index in [0.29, 0.717) is 0 Å². The van der Waals surface area contributed by atoms with Gasteiger partial charge in [0.15, 0.2) is 11.2 Å². The molecule has 1 aliphatic rings. The summed E-state index contributed by atoms with van der Waals surface area (Å²) in [5, 5.41) is 8.98. The molecule has 0 saturated carbocycles. The number of aromatic amines is 1. The fourth-order valence-corrected chi connectivity index (χ4v) is 7.29. The van der Waals surface area contributed by atoms with Gasteiger partial charge in [0.2, 0.25) is 5.95 Å². The van der Waals surface area contributed by atoms with Crippen LogP contribution in [0.5, 0.6) is 0 Å². The third-order valence-electron chi connectivity index (χ3n) is 3.73. The zero-order valence-electron chi connectivity index (χ0n) is 15.0. The van der Waals surface area contributed by atoms with Crippen LogP contribution in [0.1, 0.15) is 11.8 Å². The van der Waals surface area contributed by atoms with Gasteiger partial charge in [-0.15, -0.1) is 11.8 Å². The highest BCUT2D eigenvalue weighted by atomic mass is 32.2. The van der Waals surface area contributed by atoms with Gasteiger partial charge in [-0.2, -0.15) is 13.6 Å². The molecule has 1 saturated heterocycles. The van der Waals surface area contributed by atoms with Crippen LogP contribution >= 0.6 is 35.2 Å². The molecule has 174 valence electrons. The molecule has 0 amide bonds. The number of nitrogens with two attached hydrogens (primary N) is 1. The number of hydrogen-bond acceptors (Lipinski definition) is 12. The maximum absolute atomic E-state index is 11.9. The molecule has 17 nitrogen and oxygen atoms in total. The average Bonchev–Trinajstić information content (AvgIpc) is 3.12. The summed E-state index contributed by atoms with van der Waals surface area (Å²) < 4.78 is 47.0. The van der Waals surface area contributed by atoms with Crippen LogP contribution in [0.4, 0.5) is 5.95 Å². The molecule has 0 aliphatic carbocycles. The Bertz CT molecular complexity index is 1180. The van der Waals surface area contributed by atoms with Crippen molar-refractivity contribution in [1.82, 2.24) is 19.5 Å². The lowest BCUT2D eigenvalue weighted by Crippen LogP contribution is -2.18. The minimum atomic E-state index is -5.62. The summed E-state index contributed by atoms with van der Waals surface area (Å²) in [6.45, 7) is -0.565. The maximum Gasteiger partial charge on any atom is 0.490 e. The van der Waals surface area contributed by atoms with Crippen molar-refractivity contribution < 1.29 is 51.5 Å². The van der Waals surface area contributed by atoms with Crippen molar-refractivity contribution in [2.24, 2.45) is 0 Å². The van der Waals surface area contributed by atoms with Gasteiger partial charge in [-0.1, -0.05) is 0 Å². The van der Waals surface area contributed by atoms with E-state index < -0.39 is 52.4 Å². The first kappa shape index (κ1) is 24.5. The van der Waals surface area contributed by atoms with Crippen LogP contribution in [0.15, 0.2) is 11.1 Å². The number of anilines is 1. The molecule has 0 spiro atoms. The zero-order chi connectivity index (χ0) is 23.2. The highest BCUT2D eigenvalue weighted by Gasteiger charge is 2.42. The molecule has 0 bridgehead atoms. The molecule has 5 atom stereocenters. The van der Waals surface area contributed by atoms with Crippen LogP contribution < -0.4 is 11.3 Å². The Morgan fingerprint density at radius 1 is 1.23 bits per heavy atom. The summed E-state index contributed by atoms with van der Waals surface area (Å²) in [7, 11) is -16.4. The number of nitrogens with zero attached hydrogens (tertiary/aromatic N) is 3. The average molecular weight is 523 g/mol. The van der Waals surface area contributed by atoms with Crippen molar-refractivity contribution in [1.29, 1.82) is 0 Å². The number of rotatable bonds is 8. The number of H-pyrrole nitrogens is 1. The first-order valence-corrected chi connectivity index (χ1v) is 13.5. The molecule has 0 radical (unpaired) electrons. The van der Waals surface area contributed by atoms with E-state index in [2.05, 4.69) is 28.1 Å². The van der Waals surface area contributed by atoms with Crippen LogP contribution in [0, 0.1) is 0 Å². The monoisotopic (exact) mass is 523 g/mol. The first-order valence-electron chi connectivity index (χ1n) is 8.00. The van der Waals surface area contributed by atoms with Gasteiger partial charge >= 0.3 is 23.5 Å². The number of imidazole rings is 1. The highest BCUT2D eigenvalue weighted by molar-refractivity contribution is 8.00. The molecular weight excluding hydrogens is 507 g/mol. The SMILES string of the molecule is Nc1nc2c(ncn2C2SC(COP(=O)(O)OP(=O)(O)OP(=O)(O)O)CC2O)c(=O)[nH]1. The van der Waals surface area contributed by atoms with E-state index in [1.54, 1.807) is 0 Å². The lowest BCUT2D eigenvalue weighted by molar-refractivity contribution is 0.138. The highest BCUT2D eigenvalue weighted by Crippen LogP contribution is 2.66. The fraction of sp³-hybridized carbons (Fsp3) is 0.500. The number of aliphatic hydroxyl groups excluding tert-OH is 1. The number of aromatic nitrogens is 4. The van der Waals surface area contributed by atoms with Crippen LogP contribution in [-0.4, -0.2) is 62.2 Å². The van der Waals surface area contributed by atoms with Gasteiger partial charge in [-0.25, -0.2) is 18.7 Å². The van der Waals surface area contributed by atoms with Gasteiger partial charge in [0.05, 0.1) is 19.0 Å². The van der Waals surface area contributed by atoms with E-state index in [4.69, 9.17) is 20.4 Å². The van der Waals surface area contributed by atoms with E-state index >= 15 is 0 Å². The molecule has 3 rings (SSSR count). The van der Waals surface area contributed by atoms with Crippen LogP contribution in [0.2, 0.25) is 0 Å². The molecule has 1 fully saturated rings. The summed E-state index contributed by atoms with van der Waals surface area (Å²) in [6, 6.07) is 0. The molecular formula is C10H16N5O12P3S. The van der Waals surface area contributed by atoms with Crippen molar-refractivity contribution in [3.8, 4) is 0 Å². The number of phosphoric ester groups is 1. The van der Waals surface area contributed by atoms with Crippen LogP contribution in [0.3, 0.4) is 0 Å². The fourth-order valence-electron chi connectivity index (χ4n) is 2.70. The third kappa shape index (κ3) is 6.22. The summed E-state index contributed by atoms with van der Waals surface area (Å²) in [6.07, 6.45) is 0.265. The second-order valence-electron chi connectivity index (χ2n) is 6.11. The molecule has 8 N–H and O–H groups in total. The number of fused-ring (bicyclic) bond motifs is 1. The Morgan fingerprint density at radius 2 is 1.90 bits per heavy atom. The van der Waals surface area contributed by atoms with Gasteiger partial charge in [-0.05, 0) is 6.42 Å². The van der Waals surface area contributed by atoms with Gasteiger partial charge in [0.1, 0.15) is 5.37 Å². The minimum absolute atomic E-state index is 0.0151. The number of aliphatic hydroxyl groups is 1. The zero-order valence-corrected chi connectivity index (χ0v) is 18.5. The minimum Gasteiger partial charge on any atom is -0.390 e. The predicted octanol–water partition coefficient (Wildman–Crippen LogP) is -0.590. The van der Waals surface area contributed by atoms with Crippen LogP contribution in [-0.2, 0) is 26.8 Å². The summed E-state index contributed by atoms with van der Waals surface area (Å²) in [4.78, 5) is 57.7. The van der Waals surface area contributed by atoms with Crippen molar-refractivity contribution in [3.63, 3.8) is 0 Å². The molecule has 2 aromatic rings. The standard InChI is InChI=1S/C10H16N5O12P3S/c11-10-13-7-6(8(17)14-10)12-3-15(7)9-5(16)1-4(31-9)2-25-29(21,22)27-30(23,24)26-28(18,19)20/h3-5,9,16H,1-2H2,(H,21,22)(H,23,24)(H2,18,19,20)(H3,11,13,14,17). The van der Waals surface area contributed by atoms with Gasteiger partial charge in [0, 0.05) is 5.25 Å². The first-order chi connectivity index (χ1) is 14.2. The smallest absolute Gasteiger partial charge is 0.390 e. The van der Waals surface area contributed by atoms with Gasteiger partial charge < -0.3 is 30.4 Å². The van der Waals surface area contributed by atoms with Gasteiger partial charge in [0.25, 0.3) is 5.56 Å². The number of nitrogen functional groups attached to an aromatic ring is 1. The number of thioether (sulfide) groups is 1. The Hall–Kier alpha value is -1.13. The van der Waals surface area contributed by atoms with Crippen molar-refractivity contribution in [3.05, 3.63) is 16.7 Å². The van der Waals surface area contributed by atoms with E-state index in [1.165, 1.54) is 10.9 Å². The van der Waals surface area contributed by atoms with Crippen LogP contribution in [0.25, 0.3) is 11.2 Å². The summed E-state index contributed by atoms with van der Waals surface area (Å²) in [5.41, 5.74) is 5.03. The summed E-state index contributed by atoms with van der Waals surface area (Å²) in [5.74, 6) is -0.166. The molecule has 3 heterocycles. The Kier molecular flexibility index (Phi) is 6.85. The maximum atomic E-state index is 11.9. The normalized spacial score (nSPS) is 26.0. The Morgan fingerprint density at radius 3 is 2.55 bits per heavy atom. The molecule has 1 aliphatic heterocycles. The third-order valence-corrected chi connectivity index (χ3v) is 9.07. The van der Waals surface area contributed by atoms with E-state index in [0.717, 1.165) is 11.8 Å². The Labute approximate surface area is 176 Å². The molecule has 21 heteroatoms. The van der Waals surface area contributed by atoms with Crippen molar-refractivity contribution in [2.45, 2.75) is 23.1 Å². The lowest BCUT2D eigenvalue weighted by atomic mass is 10.2. The van der Waals surface area contributed by atoms with E-state index in [-0.39, 0.29) is 23.5 Å². The molecule has 31 heavy (non-hydrogen) atoms. The number of hydrogen-bond donors (Lipinski definition) is 7. The van der Waals surface area contributed by atoms with Gasteiger partial charge in [-0.3, -0.25) is 18.9 Å². The van der Waals surface area contributed by atoms with Crippen molar-refractivity contribution >= 4 is 52.3 Å².